The Balaban J connectivity index is 1.48. The van der Waals surface area contributed by atoms with Gasteiger partial charge in [0.25, 0.3) is 5.91 Å². The van der Waals surface area contributed by atoms with Crippen molar-refractivity contribution < 1.29 is 13.6 Å². The number of carbonyl (C=O) groups excluding carboxylic acids is 1. The lowest BCUT2D eigenvalue weighted by atomic mass is 10.2. The molecular formula is C23H16FN5O2S. The normalized spacial score (nSPS) is 10.5. The standard InChI is InChI=1S/C23H16FN5O2S/c24-16-8-6-14(7-9-16)22-28-18(12-31-22)13-32-23-15(11-25)10-19(20(26)29-23)21(30)27-17-4-2-1-3-5-17/h1-10,12H,13H2,(H2,26,29)(H,27,30). The van der Waals surface area contributed by atoms with Crippen LogP contribution < -0.4 is 11.1 Å². The Bertz CT molecular complexity index is 1300. The molecule has 0 saturated carbocycles. The van der Waals surface area contributed by atoms with Crippen molar-refractivity contribution in [1.29, 1.82) is 5.26 Å². The second-order valence-corrected chi connectivity index (χ2v) is 7.61. The minimum Gasteiger partial charge on any atom is -0.444 e. The second kappa shape index (κ2) is 9.32. The summed E-state index contributed by atoms with van der Waals surface area (Å²) in [4.78, 5) is 21.2. The maximum atomic E-state index is 13.1. The number of nitriles is 1. The van der Waals surface area contributed by atoms with Crippen LogP contribution in [0.1, 0.15) is 21.6 Å². The molecule has 0 spiro atoms. The van der Waals surface area contributed by atoms with Gasteiger partial charge in [-0.1, -0.05) is 30.0 Å². The number of pyridine rings is 1. The summed E-state index contributed by atoms with van der Waals surface area (Å²) in [5, 5.41) is 12.6. The Hall–Kier alpha value is -4.16. The number of rotatable bonds is 6. The van der Waals surface area contributed by atoms with Crippen LogP contribution in [0.2, 0.25) is 0 Å². The van der Waals surface area contributed by atoms with Gasteiger partial charge in [0.05, 0.1) is 16.8 Å². The zero-order valence-electron chi connectivity index (χ0n) is 16.6. The smallest absolute Gasteiger partial charge is 0.259 e. The lowest BCUT2D eigenvalue weighted by Crippen LogP contribution is -2.15. The molecule has 0 fully saturated rings. The first kappa shape index (κ1) is 21.1. The molecule has 0 aliphatic heterocycles. The molecule has 3 N–H and O–H groups in total. The quantitative estimate of drug-likeness (QED) is 0.406. The molecule has 0 aliphatic rings. The van der Waals surface area contributed by atoms with E-state index < -0.39 is 5.91 Å². The molecule has 4 rings (SSSR count). The molecule has 9 heteroatoms. The van der Waals surface area contributed by atoms with E-state index in [1.165, 1.54) is 36.2 Å². The minimum absolute atomic E-state index is 0.0204. The molecule has 0 aliphatic carbocycles. The highest BCUT2D eigenvalue weighted by Gasteiger charge is 2.17. The van der Waals surface area contributed by atoms with Crippen LogP contribution >= 0.6 is 11.8 Å². The van der Waals surface area contributed by atoms with Gasteiger partial charge in [0.2, 0.25) is 5.89 Å². The average Bonchev–Trinajstić information content (AvgIpc) is 3.28. The number of hydrogen-bond acceptors (Lipinski definition) is 7. The van der Waals surface area contributed by atoms with E-state index >= 15 is 0 Å². The number of nitrogens with zero attached hydrogens (tertiary/aromatic N) is 3. The van der Waals surface area contributed by atoms with Gasteiger partial charge in [0.15, 0.2) is 0 Å². The summed E-state index contributed by atoms with van der Waals surface area (Å²) in [6.45, 7) is 0. The summed E-state index contributed by atoms with van der Waals surface area (Å²) in [5.74, 6) is -0.0468. The molecular weight excluding hydrogens is 429 g/mol. The number of oxazole rings is 1. The maximum absolute atomic E-state index is 13.1. The summed E-state index contributed by atoms with van der Waals surface area (Å²) < 4.78 is 18.5. The van der Waals surface area contributed by atoms with Crippen LogP contribution in [0.15, 0.2) is 76.4 Å². The fourth-order valence-electron chi connectivity index (χ4n) is 2.84. The first-order chi connectivity index (χ1) is 15.5. The van der Waals surface area contributed by atoms with E-state index in [0.29, 0.717) is 33.6 Å². The van der Waals surface area contributed by atoms with Crippen molar-refractivity contribution in [3.05, 3.63) is 89.6 Å². The van der Waals surface area contributed by atoms with Gasteiger partial charge < -0.3 is 15.5 Å². The number of amides is 1. The van der Waals surface area contributed by atoms with E-state index in [4.69, 9.17) is 10.2 Å². The molecule has 7 nitrogen and oxygen atoms in total. The lowest BCUT2D eigenvalue weighted by Gasteiger charge is -2.10. The number of nitrogens with one attached hydrogen (secondary N) is 1. The van der Waals surface area contributed by atoms with Gasteiger partial charge in [-0.25, -0.2) is 14.4 Å². The van der Waals surface area contributed by atoms with Crippen molar-refractivity contribution in [2.75, 3.05) is 11.1 Å². The zero-order valence-corrected chi connectivity index (χ0v) is 17.4. The Labute approximate surface area is 187 Å². The monoisotopic (exact) mass is 445 g/mol. The lowest BCUT2D eigenvalue weighted by molar-refractivity contribution is 0.102. The van der Waals surface area contributed by atoms with Crippen LogP contribution in [0.25, 0.3) is 11.5 Å². The highest BCUT2D eigenvalue weighted by atomic mass is 32.2. The predicted molar refractivity (Wildman–Crippen MR) is 119 cm³/mol. The number of halogens is 1. The molecule has 2 aromatic carbocycles. The Morgan fingerprint density at radius 3 is 2.62 bits per heavy atom. The zero-order chi connectivity index (χ0) is 22.5. The summed E-state index contributed by atoms with van der Waals surface area (Å²) in [6.07, 6.45) is 1.49. The minimum atomic E-state index is -0.449. The van der Waals surface area contributed by atoms with Crippen molar-refractivity contribution in [2.45, 2.75) is 10.8 Å². The van der Waals surface area contributed by atoms with Crippen LogP contribution in [-0.4, -0.2) is 15.9 Å². The largest absolute Gasteiger partial charge is 0.444 e. The second-order valence-electron chi connectivity index (χ2n) is 6.65. The molecule has 0 unspecified atom stereocenters. The molecule has 0 saturated heterocycles. The SMILES string of the molecule is N#Cc1cc(C(=O)Nc2ccccc2)c(N)nc1SCc1coc(-c2ccc(F)cc2)n1. The van der Waals surface area contributed by atoms with Crippen molar-refractivity contribution in [3.8, 4) is 17.5 Å². The fraction of sp³-hybridized carbons (Fsp3) is 0.0435. The van der Waals surface area contributed by atoms with Gasteiger partial charge in [-0.3, -0.25) is 4.79 Å². The molecule has 2 heterocycles. The fourth-order valence-corrected chi connectivity index (χ4v) is 3.68. The molecule has 1 amide bonds. The van der Waals surface area contributed by atoms with Crippen molar-refractivity contribution in [1.82, 2.24) is 9.97 Å². The van der Waals surface area contributed by atoms with E-state index in [0.717, 1.165) is 0 Å². The molecule has 0 atom stereocenters. The van der Waals surface area contributed by atoms with Crippen LogP contribution in [0.5, 0.6) is 0 Å². The van der Waals surface area contributed by atoms with Gasteiger partial charge in [-0.15, -0.1) is 0 Å². The third kappa shape index (κ3) is 4.77. The topological polar surface area (TPSA) is 118 Å². The number of hydrogen-bond donors (Lipinski definition) is 2. The van der Waals surface area contributed by atoms with E-state index in [9.17, 15) is 14.4 Å². The first-order valence-corrected chi connectivity index (χ1v) is 10.4. The number of benzene rings is 2. The van der Waals surface area contributed by atoms with Gasteiger partial charge >= 0.3 is 0 Å². The van der Waals surface area contributed by atoms with Gasteiger partial charge in [0.1, 0.15) is 29.0 Å². The number of nitrogen functional groups attached to an aromatic ring is 1. The molecule has 32 heavy (non-hydrogen) atoms. The summed E-state index contributed by atoms with van der Waals surface area (Å²) in [6, 6.07) is 18.2. The van der Waals surface area contributed by atoms with Gasteiger partial charge in [-0.05, 0) is 42.5 Å². The van der Waals surface area contributed by atoms with Crippen LogP contribution in [0.3, 0.4) is 0 Å². The number of carbonyl (C=O) groups is 1. The van der Waals surface area contributed by atoms with Crippen molar-refractivity contribution in [3.63, 3.8) is 0 Å². The van der Waals surface area contributed by atoms with Crippen LogP contribution in [-0.2, 0) is 5.75 Å². The van der Waals surface area contributed by atoms with Crippen molar-refractivity contribution in [2.24, 2.45) is 0 Å². The highest BCUT2D eigenvalue weighted by Crippen LogP contribution is 2.28. The van der Waals surface area contributed by atoms with Crippen LogP contribution in [0.4, 0.5) is 15.9 Å². The number of thioether (sulfide) groups is 1. The van der Waals surface area contributed by atoms with E-state index in [2.05, 4.69) is 21.4 Å². The van der Waals surface area contributed by atoms with Gasteiger partial charge in [-0.2, -0.15) is 5.26 Å². The average molecular weight is 445 g/mol. The summed E-state index contributed by atoms with van der Waals surface area (Å²) >= 11 is 1.25. The Morgan fingerprint density at radius 2 is 1.91 bits per heavy atom. The highest BCUT2D eigenvalue weighted by molar-refractivity contribution is 7.98. The molecule has 158 valence electrons. The Morgan fingerprint density at radius 1 is 1.16 bits per heavy atom. The number of nitrogens with two attached hydrogens (primary N) is 1. The van der Waals surface area contributed by atoms with Gasteiger partial charge in [0, 0.05) is 17.0 Å². The van der Waals surface area contributed by atoms with E-state index in [1.807, 2.05) is 6.07 Å². The maximum Gasteiger partial charge on any atom is 0.259 e. The number of aromatic nitrogens is 2. The van der Waals surface area contributed by atoms with Crippen molar-refractivity contribution >= 4 is 29.2 Å². The number of anilines is 2. The van der Waals surface area contributed by atoms with E-state index in [-0.39, 0.29) is 22.8 Å². The predicted octanol–water partition coefficient (Wildman–Crippen LogP) is 4.87. The summed E-state index contributed by atoms with van der Waals surface area (Å²) in [7, 11) is 0. The molecule has 4 aromatic rings. The summed E-state index contributed by atoms with van der Waals surface area (Å²) in [5.41, 5.74) is 8.22. The first-order valence-electron chi connectivity index (χ1n) is 9.43. The number of para-hydroxylation sites is 1. The molecule has 0 radical (unpaired) electrons. The molecule has 2 aromatic heterocycles. The molecule has 0 bridgehead atoms. The Kier molecular flexibility index (Phi) is 6.14. The van der Waals surface area contributed by atoms with Crippen LogP contribution in [0, 0.1) is 17.1 Å². The van der Waals surface area contributed by atoms with E-state index in [1.54, 1.807) is 36.4 Å². The third-order valence-corrected chi connectivity index (χ3v) is 5.44. The third-order valence-electron chi connectivity index (χ3n) is 4.41.